The van der Waals surface area contributed by atoms with Crippen LogP contribution in [-0.2, 0) is 9.53 Å². The molecule has 22 heavy (non-hydrogen) atoms. The Kier molecular flexibility index (Phi) is 6.02. The summed E-state index contributed by atoms with van der Waals surface area (Å²) in [4.78, 5) is 15.0. The van der Waals surface area contributed by atoms with E-state index >= 15 is 0 Å². The van der Waals surface area contributed by atoms with Crippen LogP contribution in [0.2, 0.25) is 0 Å². The van der Waals surface area contributed by atoms with Crippen LogP contribution in [0.5, 0.6) is 0 Å². The van der Waals surface area contributed by atoms with Gasteiger partial charge in [0.1, 0.15) is 6.04 Å². The minimum Gasteiger partial charge on any atom is -0.378 e. The van der Waals surface area contributed by atoms with Crippen molar-refractivity contribution in [2.24, 2.45) is 0 Å². The Balaban J connectivity index is 1.58. The number of hydrogen-bond acceptors (Lipinski definition) is 5. The van der Waals surface area contributed by atoms with Crippen LogP contribution in [0.25, 0.3) is 0 Å². The first-order chi connectivity index (χ1) is 10.8. The summed E-state index contributed by atoms with van der Waals surface area (Å²) in [5.74, 6) is 2.57. The number of carbonyl (C=O) groups excluding carboxylic acids is 1. The molecule has 0 spiro atoms. The zero-order chi connectivity index (χ0) is 15.3. The third-order valence-electron chi connectivity index (χ3n) is 5.30. The van der Waals surface area contributed by atoms with Gasteiger partial charge >= 0.3 is 0 Å². The molecule has 0 aromatic rings. The van der Waals surface area contributed by atoms with E-state index in [0.29, 0.717) is 13.2 Å². The number of hydrogen-bond donors (Lipinski definition) is 2. The minimum absolute atomic E-state index is 0.107. The highest BCUT2D eigenvalue weighted by atomic mass is 32.2. The second kappa shape index (κ2) is 7.99. The maximum atomic E-state index is 12.4. The molecule has 3 aliphatic rings. The summed E-state index contributed by atoms with van der Waals surface area (Å²) in [6, 6.07) is -0.175. The molecule has 3 rings (SSSR count). The van der Waals surface area contributed by atoms with E-state index in [2.05, 4.69) is 27.3 Å². The lowest BCUT2D eigenvalue weighted by Gasteiger charge is -2.48. The summed E-state index contributed by atoms with van der Waals surface area (Å²) in [5.41, 5.74) is 0.199. The number of amides is 1. The second-order valence-electron chi connectivity index (χ2n) is 6.68. The quantitative estimate of drug-likeness (QED) is 0.801. The molecule has 2 aliphatic heterocycles. The van der Waals surface area contributed by atoms with Crippen molar-refractivity contribution in [1.29, 1.82) is 0 Å². The molecule has 3 fully saturated rings. The van der Waals surface area contributed by atoms with Crippen LogP contribution >= 0.6 is 11.8 Å². The van der Waals surface area contributed by atoms with Gasteiger partial charge in [0.15, 0.2) is 0 Å². The van der Waals surface area contributed by atoms with E-state index < -0.39 is 0 Å². The predicted molar refractivity (Wildman–Crippen MR) is 90.3 cm³/mol. The molecule has 1 aliphatic carbocycles. The molecule has 1 amide bonds. The number of carbonyl (C=O) groups is 1. The van der Waals surface area contributed by atoms with Crippen molar-refractivity contribution >= 4 is 17.7 Å². The lowest BCUT2D eigenvalue weighted by molar-refractivity contribution is -0.126. The van der Waals surface area contributed by atoms with Crippen molar-refractivity contribution in [1.82, 2.24) is 15.5 Å². The summed E-state index contributed by atoms with van der Waals surface area (Å²) in [6.07, 6.45) is 6.39. The lowest BCUT2D eigenvalue weighted by atomic mass is 9.80. The summed E-state index contributed by atoms with van der Waals surface area (Å²) in [6.45, 7) is 5.12. The number of nitrogens with one attached hydrogen (secondary N) is 2. The highest BCUT2D eigenvalue weighted by Crippen LogP contribution is 2.34. The fraction of sp³-hybridized carbons (Fsp3) is 0.938. The van der Waals surface area contributed by atoms with E-state index in [1.54, 1.807) is 0 Å². The first kappa shape index (κ1) is 16.6. The highest BCUT2D eigenvalue weighted by Gasteiger charge is 2.39. The number of thioether (sulfide) groups is 1. The van der Waals surface area contributed by atoms with Crippen LogP contribution in [0.1, 0.15) is 32.1 Å². The predicted octanol–water partition coefficient (Wildman–Crippen LogP) is 0.843. The zero-order valence-corrected chi connectivity index (χ0v) is 14.3. The van der Waals surface area contributed by atoms with Crippen LogP contribution < -0.4 is 10.6 Å². The fourth-order valence-corrected chi connectivity index (χ4v) is 4.86. The second-order valence-corrected chi connectivity index (χ2v) is 7.91. The van der Waals surface area contributed by atoms with Gasteiger partial charge in [-0.15, -0.1) is 0 Å². The molecule has 0 aromatic carbocycles. The Bertz CT molecular complexity index is 362. The molecule has 2 heterocycles. The smallest absolute Gasteiger partial charge is 0.239 e. The van der Waals surface area contributed by atoms with Gasteiger partial charge in [-0.25, -0.2) is 0 Å². The topological polar surface area (TPSA) is 53.6 Å². The van der Waals surface area contributed by atoms with Gasteiger partial charge in [-0.05, 0) is 12.8 Å². The third-order valence-corrected chi connectivity index (χ3v) is 6.24. The molecule has 2 N–H and O–H groups in total. The number of ether oxygens (including phenoxy) is 1. The number of rotatable bonds is 4. The van der Waals surface area contributed by atoms with E-state index in [4.69, 9.17) is 4.74 Å². The summed E-state index contributed by atoms with van der Waals surface area (Å²) in [5, 5.41) is 6.47. The number of nitrogens with zero attached hydrogens (tertiary/aromatic N) is 1. The fourth-order valence-electron chi connectivity index (χ4n) is 3.96. The van der Waals surface area contributed by atoms with Gasteiger partial charge in [0, 0.05) is 43.2 Å². The molecular formula is C16H29N3O2S. The van der Waals surface area contributed by atoms with Crippen molar-refractivity contribution < 1.29 is 9.53 Å². The molecule has 5 nitrogen and oxygen atoms in total. The monoisotopic (exact) mass is 327 g/mol. The Labute approximate surface area is 137 Å². The van der Waals surface area contributed by atoms with Crippen molar-refractivity contribution in [3.8, 4) is 0 Å². The Morgan fingerprint density at radius 2 is 2.05 bits per heavy atom. The molecule has 2 saturated heterocycles. The molecule has 126 valence electrons. The van der Waals surface area contributed by atoms with E-state index in [-0.39, 0.29) is 17.5 Å². The van der Waals surface area contributed by atoms with Gasteiger partial charge in [0.25, 0.3) is 0 Å². The summed E-state index contributed by atoms with van der Waals surface area (Å²) in [7, 11) is 0. The first-order valence-corrected chi connectivity index (χ1v) is 9.87. The van der Waals surface area contributed by atoms with Crippen LogP contribution in [0.4, 0.5) is 0 Å². The van der Waals surface area contributed by atoms with Crippen LogP contribution in [0.15, 0.2) is 0 Å². The average molecular weight is 327 g/mol. The van der Waals surface area contributed by atoms with Crippen LogP contribution in [0.3, 0.4) is 0 Å². The van der Waals surface area contributed by atoms with Crippen molar-refractivity contribution in [2.75, 3.05) is 50.9 Å². The molecule has 1 atom stereocenters. The van der Waals surface area contributed by atoms with Crippen LogP contribution in [0, 0.1) is 0 Å². The maximum Gasteiger partial charge on any atom is 0.239 e. The zero-order valence-electron chi connectivity index (χ0n) is 13.4. The third kappa shape index (κ3) is 3.96. The average Bonchev–Trinajstić information content (AvgIpc) is 2.62. The van der Waals surface area contributed by atoms with Crippen molar-refractivity contribution in [2.45, 2.75) is 43.7 Å². The Hall–Kier alpha value is -0.300. The molecule has 0 radical (unpaired) electrons. The number of morpholine rings is 1. The Morgan fingerprint density at radius 1 is 1.27 bits per heavy atom. The van der Waals surface area contributed by atoms with Gasteiger partial charge in [-0.1, -0.05) is 19.3 Å². The van der Waals surface area contributed by atoms with Crippen molar-refractivity contribution in [3.63, 3.8) is 0 Å². The Morgan fingerprint density at radius 3 is 2.73 bits per heavy atom. The van der Waals surface area contributed by atoms with Crippen molar-refractivity contribution in [3.05, 3.63) is 0 Å². The molecule has 6 heteroatoms. The molecule has 0 aromatic heterocycles. The standard InChI is InChI=1S/C16H29N3O2S/c20-15(14-12-21-9-6-17-14)18-13-16(4-2-1-3-5-16)19-7-10-22-11-8-19/h14,17H,1-13H2,(H,18,20). The minimum atomic E-state index is -0.175. The molecule has 0 bridgehead atoms. The highest BCUT2D eigenvalue weighted by molar-refractivity contribution is 7.99. The van der Waals surface area contributed by atoms with Gasteiger partial charge in [-0.2, -0.15) is 11.8 Å². The SMILES string of the molecule is O=C(NCC1(N2CCSCC2)CCCCC1)C1COCCN1. The normalized spacial score (nSPS) is 29.9. The van der Waals surface area contributed by atoms with E-state index in [1.807, 2.05) is 0 Å². The van der Waals surface area contributed by atoms with E-state index in [0.717, 1.165) is 13.1 Å². The van der Waals surface area contributed by atoms with Gasteiger partial charge < -0.3 is 15.4 Å². The summed E-state index contributed by atoms with van der Waals surface area (Å²) >= 11 is 2.05. The van der Waals surface area contributed by atoms with Gasteiger partial charge in [0.05, 0.1) is 13.2 Å². The van der Waals surface area contributed by atoms with E-state index in [9.17, 15) is 4.79 Å². The lowest BCUT2D eigenvalue weighted by Crippen LogP contribution is -2.61. The van der Waals surface area contributed by atoms with Crippen LogP contribution in [-0.4, -0.2) is 73.3 Å². The van der Waals surface area contributed by atoms with Gasteiger partial charge in [0.2, 0.25) is 5.91 Å². The maximum absolute atomic E-state index is 12.4. The molecular weight excluding hydrogens is 298 g/mol. The van der Waals surface area contributed by atoms with Gasteiger partial charge in [-0.3, -0.25) is 9.69 Å². The molecule has 1 unspecified atom stereocenters. The molecule has 1 saturated carbocycles. The largest absolute Gasteiger partial charge is 0.378 e. The first-order valence-electron chi connectivity index (χ1n) is 8.72. The van der Waals surface area contributed by atoms with E-state index in [1.165, 1.54) is 56.7 Å². The summed E-state index contributed by atoms with van der Waals surface area (Å²) < 4.78 is 5.40.